The molecule has 0 aromatic heterocycles. The molecule has 2 N–H and O–H groups in total. The highest BCUT2D eigenvalue weighted by Gasteiger charge is 2.16. The minimum atomic E-state index is -1.16. The molecule has 0 fully saturated rings. The highest BCUT2D eigenvalue weighted by atomic mass is 35.5. The molecule has 0 aliphatic heterocycles. The number of aromatic carboxylic acids is 1. The molecular formula is C21H25ClN2O5. The Hall–Kier alpha value is -2.90. The van der Waals surface area contributed by atoms with Gasteiger partial charge in [-0.25, -0.2) is 4.79 Å². The Morgan fingerprint density at radius 3 is 2.21 bits per heavy atom. The van der Waals surface area contributed by atoms with E-state index >= 15 is 0 Å². The Kier molecular flexibility index (Phi) is 9.31. The van der Waals surface area contributed by atoms with Gasteiger partial charge in [-0.1, -0.05) is 18.2 Å². The topological polar surface area (TPSA) is 95.9 Å². The number of nitrogens with one attached hydrogen (secondary N) is 1. The van der Waals surface area contributed by atoms with Gasteiger partial charge in [-0.15, -0.1) is 12.4 Å². The molecule has 0 atom stereocenters. The summed E-state index contributed by atoms with van der Waals surface area (Å²) in [4.78, 5) is 36.6. The molecule has 0 aliphatic carbocycles. The van der Waals surface area contributed by atoms with Crippen LogP contribution in [0, 0.1) is 0 Å². The fraction of sp³-hybridized carbons (Fsp3) is 0.286. The van der Waals surface area contributed by atoms with Gasteiger partial charge in [-0.2, -0.15) is 0 Å². The summed E-state index contributed by atoms with van der Waals surface area (Å²) in [7, 11) is 3.82. The van der Waals surface area contributed by atoms with Gasteiger partial charge in [-0.3, -0.25) is 9.59 Å². The van der Waals surface area contributed by atoms with E-state index < -0.39 is 11.9 Å². The molecule has 0 aliphatic rings. The Bertz CT molecular complexity index is 866. The van der Waals surface area contributed by atoms with Gasteiger partial charge in [0.1, 0.15) is 11.3 Å². The van der Waals surface area contributed by atoms with E-state index in [-0.39, 0.29) is 36.0 Å². The quantitative estimate of drug-likeness (QED) is 0.499. The molecule has 2 aromatic carbocycles. The van der Waals surface area contributed by atoms with Crippen molar-refractivity contribution in [2.45, 2.75) is 19.8 Å². The van der Waals surface area contributed by atoms with Gasteiger partial charge in [-0.05, 0) is 62.5 Å². The third-order valence-electron chi connectivity index (χ3n) is 3.96. The fourth-order valence-corrected chi connectivity index (χ4v) is 2.63. The summed E-state index contributed by atoms with van der Waals surface area (Å²) >= 11 is 0. The predicted octanol–water partition coefficient (Wildman–Crippen LogP) is 3.68. The number of carboxylic acid groups (broad SMARTS) is 1. The third kappa shape index (κ3) is 7.56. The standard InChI is InChI=1S/C21H24N2O5.ClH/c1-14(24)22-17-9-6-15(7-10-17)16-8-11-18(21(26)27)19(13-16)28-20(25)5-4-12-23(2)3;/h6-11,13H,4-5,12H2,1-3H3,(H,22,24)(H,26,27);1H. The van der Waals surface area contributed by atoms with Crippen LogP contribution >= 0.6 is 12.4 Å². The third-order valence-corrected chi connectivity index (χ3v) is 3.96. The van der Waals surface area contributed by atoms with Gasteiger partial charge >= 0.3 is 11.9 Å². The number of halogens is 1. The van der Waals surface area contributed by atoms with Crippen LogP contribution in [-0.4, -0.2) is 48.5 Å². The Balaban J connectivity index is 0.00000420. The number of nitrogens with zero attached hydrogens (tertiary/aromatic N) is 1. The van der Waals surface area contributed by atoms with Crippen molar-refractivity contribution in [2.75, 3.05) is 26.0 Å². The summed E-state index contributed by atoms with van der Waals surface area (Å²) < 4.78 is 5.33. The molecule has 2 rings (SSSR count). The van der Waals surface area contributed by atoms with Crippen LogP contribution in [0.2, 0.25) is 0 Å². The zero-order chi connectivity index (χ0) is 20.7. The molecule has 156 valence electrons. The minimum Gasteiger partial charge on any atom is -0.478 e. The second-order valence-electron chi connectivity index (χ2n) is 6.66. The number of hydrogen-bond acceptors (Lipinski definition) is 5. The maximum absolute atomic E-state index is 12.1. The summed E-state index contributed by atoms with van der Waals surface area (Å²) in [6, 6.07) is 11.7. The maximum atomic E-state index is 12.1. The van der Waals surface area contributed by atoms with Crippen LogP contribution in [0.25, 0.3) is 11.1 Å². The molecule has 0 bridgehead atoms. The number of carboxylic acids is 1. The van der Waals surface area contributed by atoms with Crippen molar-refractivity contribution in [3.8, 4) is 16.9 Å². The van der Waals surface area contributed by atoms with Crippen LogP contribution in [-0.2, 0) is 9.59 Å². The largest absolute Gasteiger partial charge is 0.478 e. The number of amides is 1. The molecule has 0 saturated carbocycles. The number of rotatable bonds is 8. The highest BCUT2D eigenvalue weighted by molar-refractivity contribution is 5.93. The molecule has 0 heterocycles. The summed E-state index contributed by atoms with van der Waals surface area (Å²) in [5.41, 5.74) is 2.09. The lowest BCUT2D eigenvalue weighted by Crippen LogP contribution is -2.16. The van der Waals surface area contributed by atoms with Crippen LogP contribution in [0.3, 0.4) is 0 Å². The molecular weight excluding hydrogens is 396 g/mol. The lowest BCUT2D eigenvalue weighted by atomic mass is 10.0. The van der Waals surface area contributed by atoms with E-state index in [0.717, 1.165) is 12.1 Å². The minimum absolute atomic E-state index is 0. The van der Waals surface area contributed by atoms with Crippen LogP contribution < -0.4 is 10.1 Å². The SMILES string of the molecule is CC(=O)Nc1ccc(-c2ccc(C(=O)O)c(OC(=O)CCCN(C)C)c2)cc1.Cl. The first kappa shape index (κ1) is 24.1. The molecule has 7 nitrogen and oxygen atoms in total. The summed E-state index contributed by atoms with van der Waals surface area (Å²) in [5.74, 6) is -1.78. The van der Waals surface area contributed by atoms with E-state index in [9.17, 15) is 19.5 Å². The van der Waals surface area contributed by atoms with Crippen molar-refractivity contribution in [1.82, 2.24) is 4.90 Å². The molecule has 0 unspecified atom stereocenters. The number of benzene rings is 2. The maximum Gasteiger partial charge on any atom is 0.339 e. The van der Waals surface area contributed by atoms with Crippen molar-refractivity contribution in [3.05, 3.63) is 48.0 Å². The number of esters is 1. The van der Waals surface area contributed by atoms with Crippen molar-refractivity contribution < 1.29 is 24.2 Å². The predicted molar refractivity (Wildman–Crippen MR) is 114 cm³/mol. The van der Waals surface area contributed by atoms with Gasteiger partial charge < -0.3 is 20.1 Å². The van der Waals surface area contributed by atoms with Crippen molar-refractivity contribution >= 4 is 35.9 Å². The van der Waals surface area contributed by atoms with E-state index in [2.05, 4.69) is 5.32 Å². The van der Waals surface area contributed by atoms with Crippen molar-refractivity contribution in [3.63, 3.8) is 0 Å². The van der Waals surface area contributed by atoms with E-state index in [4.69, 9.17) is 4.74 Å². The zero-order valence-electron chi connectivity index (χ0n) is 16.6. The molecule has 29 heavy (non-hydrogen) atoms. The number of hydrogen-bond donors (Lipinski definition) is 2. The average Bonchev–Trinajstić information content (AvgIpc) is 2.61. The number of carbonyl (C=O) groups excluding carboxylic acids is 2. The smallest absolute Gasteiger partial charge is 0.339 e. The van der Waals surface area contributed by atoms with Gasteiger partial charge in [0, 0.05) is 19.0 Å². The Morgan fingerprint density at radius 2 is 1.66 bits per heavy atom. The van der Waals surface area contributed by atoms with Crippen LogP contribution in [0.4, 0.5) is 5.69 Å². The van der Waals surface area contributed by atoms with Crippen LogP contribution in [0.15, 0.2) is 42.5 Å². The average molecular weight is 421 g/mol. The van der Waals surface area contributed by atoms with Crippen LogP contribution in [0.1, 0.15) is 30.1 Å². The molecule has 0 saturated heterocycles. The second kappa shape index (κ2) is 11.2. The zero-order valence-corrected chi connectivity index (χ0v) is 17.4. The normalized spacial score (nSPS) is 10.2. The second-order valence-corrected chi connectivity index (χ2v) is 6.66. The summed E-state index contributed by atoms with van der Waals surface area (Å²) in [6.07, 6.45) is 0.825. The van der Waals surface area contributed by atoms with E-state index in [1.165, 1.54) is 13.0 Å². The number of anilines is 1. The first-order valence-electron chi connectivity index (χ1n) is 8.87. The van der Waals surface area contributed by atoms with E-state index in [1.54, 1.807) is 36.4 Å². The van der Waals surface area contributed by atoms with Gasteiger partial charge in [0.15, 0.2) is 0 Å². The van der Waals surface area contributed by atoms with Crippen molar-refractivity contribution in [1.29, 1.82) is 0 Å². The molecule has 0 radical (unpaired) electrons. The first-order valence-corrected chi connectivity index (χ1v) is 8.87. The lowest BCUT2D eigenvalue weighted by Gasteiger charge is -2.12. The van der Waals surface area contributed by atoms with Crippen molar-refractivity contribution in [2.24, 2.45) is 0 Å². The van der Waals surface area contributed by atoms with Gasteiger partial charge in [0.05, 0.1) is 0 Å². The number of carbonyl (C=O) groups is 3. The Morgan fingerprint density at radius 1 is 1.03 bits per heavy atom. The monoisotopic (exact) mass is 420 g/mol. The summed E-state index contributed by atoms with van der Waals surface area (Å²) in [5, 5.41) is 12.1. The number of ether oxygens (including phenoxy) is 1. The lowest BCUT2D eigenvalue weighted by molar-refractivity contribution is -0.134. The van der Waals surface area contributed by atoms with E-state index in [0.29, 0.717) is 17.7 Å². The van der Waals surface area contributed by atoms with E-state index in [1.807, 2.05) is 19.0 Å². The molecule has 2 aromatic rings. The fourth-order valence-electron chi connectivity index (χ4n) is 2.63. The first-order chi connectivity index (χ1) is 13.3. The van der Waals surface area contributed by atoms with Gasteiger partial charge in [0.2, 0.25) is 5.91 Å². The highest BCUT2D eigenvalue weighted by Crippen LogP contribution is 2.29. The van der Waals surface area contributed by atoms with Crippen LogP contribution in [0.5, 0.6) is 5.75 Å². The molecule has 8 heteroatoms. The molecule has 0 spiro atoms. The van der Waals surface area contributed by atoms with Gasteiger partial charge in [0.25, 0.3) is 0 Å². The Labute approximate surface area is 176 Å². The molecule has 1 amide bonds. The summed E-state index contributed by atoms with van der Waals surface area (Å²) in [6.45, 7) is 2.17.